The first-order valence-corrected chi connectivity index (χ1v) is 11.4. The fourth-order valence-corrected chi connectivity index (χ4v) is 3.99. The number of hydrogen-bond acceptors (Lipinski definition) is 7. The summed E-state index contributed by atoms with van der Waals surface area (Å²) in [5, 5.41) is 3.60. The third-order valence-electron chi connectivity index (χ3n) is 5.96. The number of benzene rings is 2. The summed E-state index contributed by atoms with van der Waals surface area (Å²) < 4.78 is 70.5. The Balaban J connectivity index is 1.64. The Hall–Kier alpha value is -3.67. The second kappa shape index (κ2) is 10.4. The Morgan fingerprint density at radius 3 is 2.62 bits per heavy atom. The minimum atomic E-state index is -4.68. The maximum atomic E-state index is 14.0. The van der Waals surface area contributed by atoms with Gasteiger partial charge in [-0.25, -0.2) is 14.4 Å². The number of carbonyl (C=O) groups is 1. The average Bonchev–Trinajstić information content (AvgIpc) is 2.83. The molecule has 0 unspecified atom stereocenters. The summed E-state index contributed by atoms with van der Waals surface area (Å²) in [6.07, 6.45) is -5.02. The molecule has 0 radical (unpaired) electrons. The van der Waals surface area contributed by atoms with Gasteiger partial charge in [-0.1, -0.05) is 0 Å². The standard InChI is InChI=1S/C25H26F4N4O4/c1-13(15-5-16(25(27,28)29)7-17(26)6-15)30-24-19-8-22(21(35-4)9-20(19)31-14(2)32-24)37-11-18-10-33(3)23(34)12-36-18/h5-9,13,18H,10-12H2,1-4H3,(H,30,31,32)/t13-,18-/m1/s1. The molecule has 1 fully saturated rings. The first kappa shape index (κ1) is 26.4. The quantitative estimate of drug-likeness (QED) is 0.457. The van der Waals surface area contributed by atoms with Crippen molar-refractivity contribution >= 4 is 22.6 Å². The van der Waals surface area contributed by atoms with Crippen molar-refractivity contribution in [1.29, 1.82) is 0 Å². The molecule has 1 saturated heterocycles. The van der Waals surface area contributed by atoms with E-state index in [2.05, 4.69) is 15.3 Å². The molecule has 37 heavy (non-hydrogen) atoms. The normalized spacial score (nSPS) is 17.1. The van der Waals surface area contributed by atoms with Crippen molar-refractivity contribution in [3.05, 3.63) is 53.1 Å². The van der Waals surface area contributed by atoms with Crippen molar-refractivity contribution in [2.75, 3.05) is 39.2 Å². The van der Waals surface area contributed by atoms with E-state index >= 15 is 0 Å². The van der Waals surface area contributed by atoms with Crippen LogP contribution in [0.4, 0.5) is 23.4 Å². The van der Waals surface area contributed by atoms with Gasteiger partial charge in [0.05, 0.1) is 24.2 Å². The molecule has 2 atom stereocenters. The van der Waals surface area contributed by atoms with E-state index in [1.165, 1.54) is 7.11 Å². The predicted molar refractivity (Wildman–Crippen MR) is 127 cm³/mol. The number of amides is 1. The van der Waals surface area contributed by atoms with Crippen LogP contribution in [0.3, 0.4) is 0 Å². The minimum Gasteiger partial charge on any atom is -0.493 e. The van der Waals surface area contributed by atoms with Gasteiger partial charge in [0, 0.05) is 25.0 Å². The van der Waals surface area contributed by atoms with Gasteiger partial charge in [0.2, 0.25) is 5.91 Å². The summed E-state index contributed by atoms with van der Waals surface area (Å²) in [4.78, 5) is 22.1. The van der Waals surface area contributed by atoms with Gasteiger partial charge in [0.15, 0.2) is 11.5 Å². The Bertz CT molecular complexity index is 1320. The zero-order chi connectivity index (χ0) is 26.9. The number of aryl methyl sites for hydroxylation is 1. The number of alkyl halides is 3. The van der Waals surface area contributed by atoms with Gasteiger partial charge in [-0.3, -0.25) is 4.79 Å². The molecule has 1 N–H and O–H groups in total. The number of morpholine rings is 1. The zero-order valence-electron chi connectivity index (χ0n) is 20.6. The Morgan fingerprint density at radius 2 is 1.95 bits per heavy atom. The van der Waals surface area contributed by atoms with Crippen LogP contribution in [0.15, 0.2) is 30.3 Å². The number of methoxy groups -OCH3 is 1. The summed E-state index contributed by atoms with van der Waals surface area (Å²) in [6, 6.07) is 5.01. The van der Waals surface area contributed by atoms with E-state index in [1.54, 1.807) is 37.9 Å². The van der Waals surface area contributed by atoms with Crippen molar-refractivity contribution in [3.63, 3.8) is 0 Å². The average molecular weight is 522 g/mol. The van der Waals surface area contributed by atoms with Crippen molar-refractivity contribution < 1.29 is 36.6 Å². The third kappa shape index (κ3) is 6.01. The molecule has 8 nitrogen and oxygen atoms in total. The highest BCUT2D eigenvalue weighted by atomic mass is 19.4. The fourth-order valence-electron chi connectivity index (χ4n) is 3.99. The maximum Gasteiger partial charge on any atom is 0.416 e. The molecule has 1 aliphatic rings. The molecular weight excluding hydrogens is 496 g/mol. The molecular formula is C25H26F4N4O4. The monoisotopic (exact) mass is 522 g/mol. The molecule has 198 valence electrons. The Labute approximate surface area is 210 Å². The van der Waals surface area contributed by atoms with E-state index in [1.807, 2.05) is 0 Å². The molecule has 2 aromatic carbocycles. The van der Waals surface area contributed by atoms with Crippen LogP contribution in [0, 0.1) is 12.7 Å². The van der Waals surface area contributed by atoms with Crippen LogP contribution < -0.4 is 14.8 Å². The van der Waals surface area contributed by atoms with Crippen LogP contribution >= 0.6 is 0 Å². The minimum absolute atomic E-state index is 0.0331. The highest BCUT2D eigenvalue weighted by Gasteiger charge is 2.32. The number of rotatable bonds is 7. The highest BCUT2D eigenvalue weighted by molar-refractivity contribution is 5.92. The topological polar surface area (TPSA) is 85.8 Å². The summed E-state index contributed by atoms with van der Waals surface area (Å²) in [5.74, 6) is 0.421. The van der Waals surface area contributed by atoms with Gasteiger partial charge in [-0.2, -0.15) is 13.2 Å². The van der Waals surface area contributed by atoms with E-state index in [9.17, 15) is 22.4 Å². The smallest absolute Gasteiger partial charge is 0.416 e. The van der Waals surface area contributed by atoms with Crippen LogP contribution in [0.25, 0.3) is 10.9 Å². The van der Waals surface area contributed by atoms with Crippen LogP contribution in [0.1, 0.15) is 29.9 Å². The van der Waals surface area contributed by atoms with Crippen molar-refractivity contribution in [3.8, 4) is 11.5 Å². The second-order valence-corrected chi connectivity index (χ2v) is 8.79. The zero-order valence-corrected chi connectivity index (χ0v) is 20.6. The second-order valence-electron chi connectivity index (χ2n) is 8.79. The van der Waals surface area contributed by atoms with Crippen LogP contribution in [-0.4, -0.2) is 60.8 Å². The van der Waals surface area contributed by atoms with Crippen LogP contribution in [0.2, 0.25) is 0 Å². The molecule has 4 rings (SSSR count). The lowest BCUT2D eigenvalue weighted by Crippen LogP contribution is -2.46. The van der Waals surface area contributed by atoms with E-state index in [0.717, 1.165) is 12.1 Å². The Kier molecular flexibility index (Phi) is 7.39. The number of fused-ring (bicyclic) bond motifs is 1. The van der Waals surface area contributed by atoms with Gasteiger partial charge in [-0.15, -0.1) is 0 Å². The molecule has 3 aromatic rings. The first-order valence-electron chi connectivity index (χ1n) is 11.4. The Morgan fingerprint density at radius 1 is 1.19 bits per heavy atom. The number of hydrogen-bond donors (Lipinski definition) is 1. The molecule has 12 heteroatoms. The van der Waals surface area contributed by atoms with Gasteiger partial charge in [0.25, 0.3) is 0 Å². The van der Waals surface area contributed by atoms with Crippen LogP contribution in [0.5, 0.6) is 11.5 Å². The molecule has 1 aliphatic heterocycles. The summed E-state index contributed by atoms with van der Waals surface area (Å²) in [7, 11) is 3.17. The molecule has 0 bridgehead atoms. The number of carbonyl (C=O) groups excluding carboxylic acids is 1. The predicted octanol–water partition coefficient (Wildman–Crippen LogP) is 4.51. The largest absolute Gasteiger partial charge is 0.493 e. The number of likely N-dealkylation sites (N-methyl/N-ethyl adjacent to an activating group) is 1. The SMILES string of the molecule is COc1cc2nc(C)nc(N[C@H](C)c3cc(F)cc(C(F)(F)F)c3)c2cc1OC[C@H]1CN(C)C(=O)CO1. The molecule has 0 spiro atoms. The molecule has 2 heterocycles. The third-order valence-corrected chi connectivity index (χ3v) is 5.96. The molecule has 1 amide bonds. The number of aromatic nitrogens is 2. The van der Waals surface area contributed by atoms with E-state index in [4.69, 9.17) is 14.2 Å². The van der Waals surface area contributed by atoms with E-state index in [0.29, 0.717) is 46.7 Å². The summed E-state index contributed by atoms with van der Waals surface area (Å²) >= 11 is 0. The lowest BCUT2D eigenvalue weighted by atomic mass is 10.0. The van der Waals surface area contributed by atoms with Crippen LogP contribution in [-0.2, 0) is 15.7 Å². The van der Waals surface area contributed by atoms with Gasteiger partial charge in [0.1, 0.15) is 36.8 Å². The highest BCUT2D eigenvalue weighted by Crippen LogP contribution is 2.36. The lowest BCUT2D eigenvalue weighted by Gasteiger charge is -2.29. The summed E-state index contributed by atoms with van der Waals surface area (Å²) in [5.41, 5.74) is -0.451. The molecule has 0 aliphatic carbocycles. The maximum absolute atomic E-state index is 14.0. The van der Waals surface area contributed by atoms with Gasteiger partial charge in [-0.05, 0) is 43.7 Å². The van der Waals surface area contributed by atoms with Crippen molar-refractivity contribution in [2.45, 2.75) is 32.2 Å². The van der Waals surface area contributed by atoms with Gasteiger partial charge < -0.3 is 24.4 Å². The van der Waals surface area contributed by atoms with Gasteiger partial charge >= 0.3 is 6.18 Å². The number of halogens is 4. The number of nitrogens with one attached hydrogen (secondary N) is 1. The molecule has 0 saturated carbocycles. The molecule has 1 aromatic heterocycles. The fraction of sp³-hybridized carbons (Fsp3) is 0.400. The number of anilines is 1. The number of nitrogens with zero attached hydrogens (tertiary/aromatic N) is 3. The lowest BCUT2D eigenvalue weighted by molar-refractivity contribution is -0.148. The van der Waals surface area contributed by atoms with E-state index in [-0.39, 0.29) is 30.8 Å². The van der Waals surface area contributed by atoms with Crippen molar-refractivity contribution in [1.82, 2.24) is 14.9 Å². The van der Waals surface area contributed by atoms with Crippen molar-refractivity contribution in [2.24, 2.45) is 0 Å². The first-order chi connectivity index (χ1) is 17.4. The number of ether oxygens (including phenoxy) is 3. The summed E-state index contributed by atoms with van der Waals surface area (Å²) in [6.45, 7) is 3.77. The van der Waals surface area contributed by atoms with E-state index < -0.39 is 23.6 Å².